The molecule has 0 aliphatic heterocycles. The van der Waals surface area contributed by atoms with E-state index in [2.05, 4.69) is 32.7 Å². The Morgan fingerprint density at radius 2 is 2.32 bits per heavy atom. The fourth-order valence-electron chi connectivity index (χ4n) is 3.12. The number of rotatable bonds is 3. The topological polar surface area (TPSA) is 94.8 Å². The van der Waals surface area contributed by atoms with Gasteiger partial charge in [0.2, 0.25) is 0 Å². The second kappa shape index (κ2) is 6.52. The molecule has 1 heterocycles. The van der Waals surface area contributed by atoms with E-state index in [-0.39, 0.29) is 11.8 Å². The zero-order valence-electron chi connectivity index (χ0n) is 12.5. The number of thiocarbonyl (C=S) groups is 1. The summed E-state index contributed by atoms with van der Waals surface area (Å²) in [5, 5.41) is 24.4. The third kappa shape index (κ3) is 3.32. The molecule has 0 radical (unpaired) electrons. The van der Waals surface area contributed by atoms with E-state index in [0.29, 0.717) is 12.1 Å². The lowest BCUT2D eigenvalue weighted by atomic mass is 9.67. The maximum absolute atomic E-state index is 11.0. The van der Waals surface area contributed by atoms with Crippen molar-refractivity contribution >= 4 is 29.2 Å². The molecule has 22 heavy (non-hydrogen) atoms. The summed E-state index contributed by atoms with van der Waals surface area (Å²) in [6.45, 7) is 3.60. The first kappa shape index (κ1) is 16.5. The average molecular weight is 321 g/mol. The van der Waals surface area contributed by atoms with Gasteiger partial charge in [-0.2, -0.15) is 4.99 Å². The third-order valence-electron chi connectivity index (χ3n) is 4.60. The summed E-state index contributed by atoms with van der Waals surface area (Å²) in [7, 11) is 0. The van der Waals surface area contributed by atoms with Gasteiger partial charge in [0.1, 0.15) is 0 Å². The van der Waals surface area contributed by atoms with Crippen molar-refractivity contribution < 1.29 is 15.0 Å². The Morgan fingerprint density at radius 1 is 1.59 bits per heavy atom. The van der Waals surface area contributed by atoms with E-state index in [4.69, 9.17) is 5.11 Å². The second-order valence-corrected chi connectivity index (χ2v) is 6.12. The second-order valence-electron chi connectivity index (χ2n) is 5.93. The smallest absolute Gasteiger partial charge is 0.404 e. The van der Waals surface area contributed by atoms with Gasteiger partial charge in [-0.3, -0.25) is 4.98 Å². The summed E-state index contributed by atoms with van der Waals surface area (Å²) in [6.07, 6.45) is 3.38. The van der Waals surface area contributed by atoms with Crippen LogP contribution >= 0.6 is 12.2 Å². The van der Waals surface area contributed by atoms with Gasteiger partial charge in [0, 0.05) is 6.20 Å². The lowest BCUT2D eigenvalue weighted by Gasteiger charge is -2.45. The van der Waals surface area contributed by atoms with Gasteiger partial charge in [0.25, 0.3) is 0 Å². The molecular formula is C15H19N3O3S. The lowest BCUT2D eigenvalue weighted by Crippen LogP contribution is -2.57. The Morgan fingerprint density at radius 3 is 2.95 bits per heavy atom. The molecule has 1 aromatic heterocycles. The number of isothiocyanates is 1. The van der Waals surface area contributed by atoms with Gasteiger partial charge in [-0.25, -0.2) is 4.79 Å². The lowest BCUT2D eigenvalue weighted by molar-refractivity contribution is -0.0558. The van der Waals surface area contributed by atoms with Crippen LogP contribution < -0.4 is 5.32 Å². The molecule has 4 atom stereocenters. The van der Waals surface area contributed by atoms with Crippen LogP contribution in [0.5, 0.6) is 0 Å². The summed E-state index contributed by atoms with van der Waals surface area (Å²) in [5.41, 5.74) is 0.507. The van der Waals surface area contributed by atoms with Crippen molar-refractivity contribution in [3.8, 4) is 0 Å². The molecule has 0 spiro atoms. The Kier molecular flexibility index (Phi) is 4.90. The maximum Gasteiger partial charge on any atom is 0.404 e. The number of aromatic nitrogens is 1. The third-order valence-corrected chi connectivity index (χ3v) is 4.69. The Hall–Kier alpha value is -1.82. The number of pyridine rings is 1. The largest absolute Gasteiger partial charge is 0.465 e. The molecule has 0 saturated heterocycles. The number of nitrogens with zero attached hydrogens (tertiary/aromatic N) is 2. The molecule has 0 aromatic carbocycles. The van der Waals surface area contributed by atoms with Crippen LogP contribution in [0.1, 0.15) is 38.2 Å². The summed E-state index contributed by atoms with van der Waals surface area (Å²) in [6, 6.07) is 1.32. The average Bonchev–Trinajstić information content (AvgIpc) is 2.44. The molecule has 6 nitrogen and oxygen atoms in total. The Labute approximate surface area is 134 Å². The van der Waals surface area contributed by atoms with Crippen LogP contribution in [0.2, 0.25) is 0 Å². The van der Waals surface area contributed by atoms with Crippen molar-refractivity contribution in [1.29, 1.82) is 0 Å². The predicted octanol–water partition coefficient (Wildman–Crippen LogP) is 2.72. The molecular weight excluding hydrogens is 302 g/mol. The van der Waals surface area contributed by atoms with Crippen LogP contribution in [0.3, 0.4) is 0 Å². The minimum Gasteiger partial charge on any atom is -0.465 e. The van der Waals surface area contributed by atoms with Crippen molar-refractivity contribution in [2.24, 2.45) is 10.9 Å². The molecule has 1 aliphatic rings. The van der Waals surface area contributed by atoms with E-state index in [1.807, 2.05) is 13.0 Å². The summed E-state index contributed by atoms with van der Waals surface area (Å²) >= 11 is 4.66. The number of carboxylic acid groups (broad SMARTS) is 1. The van der Waals surface area contributed by atoms with Gasteiger partial charge in [-0.1, -0.05) is 6.92 Å². The zero-order chi connectivity index (χ0) is 16.3. The molecule has 1 aromatic rings. The Balaban J connectivity index is 2.34. The highest BCUT2D eigenvalue weighted by Gasteiger charge is 2.45. The number of hydrogen-bond acceptors (Lipinski definition) is 5. The molecule has 1 aliphatic carbocycles. The molecule has 2 rings (SSSR count). The van der Waals surface area contributed by atoms with Crippen molar-refractivity contribution in [1.82, 2.24) is 10.3 Å². The first-order chi connectivity index (χ1) is 10.4. The monoisotopic (exact) mass is 321 g/mol. The highest BCUT2D eigenvalue weighted by molar-refractivity contribution is 7.78. The van der Waals surface area contributed by atoms with E-state index < -0.39 is 17.7 Å². The quantitative estimate of drug-likeness (QED) is 0.588. The van der Waals surface area contributed by atoms with Crippen LogP contribution in [-0.4, -0.2) is 38.1 Å². The molecule has 1 amide bonds. The fraction of sp³-hybridized carbons (Fsp3) is 0.533. The number of nitrogens with one attached hydrogen (secondary N) is 1. The van der Waals surface area contributed by atoms with Gasteiger partial charge < -0.3 is 15.5 Å². The molecule has 1 saturated carbocycles. The zero-order valence-corrected chi connectivity index (χ0v) is 13.3. The normalized spacial score (nSPS) is 31.1. The highest BCUT2D eigenvalue weighted by Crippen LogP contribution is 2.43. The molecule has 0 unspecified atom stereocenters. The van der Waals surface area contributed by atoms with Gasteiger partial charge in [-0.15, -0.1) is 0 Å². The van der Waals surface area contributed by atoms with Crippen LogP contribution in [0.4, 0.5) is 10.5 Å². The number of hydrogen-bond donors (Lipinski definition) is 3. The number of aliphatic hydroxyl groups is 1. The minimum absolute atomic E-state index is 0.0668. The van der Waals surface area contributed by atoms with E-state index in [1.165, 1.54) is 0 Å². The van der Waals surface area contributed by atoms with Crippen molar-refractivity contribution in [3.63, 3.8) is 0 Å². The van der Waals surface area contributed by atoms with Crippen molar-refractivity contribution in [2.75, 3.05) is 0 Å². The van der Waals surface area contributed by atoms with E-state index >= 15 is 0 Å². The first-order valence-corrected chi connectivity index (χ1v) is 7.50. The van der Waals surface area contributed by atoms with E-state index in [0.717, 1.165) is 12.0 Å². The molecule has 0 bridgehead atoms. The van der Waals surface area contributed by atoms with Crippen molar-refractivity contribution in [3.05, 3.63) is 24.0 Å². The number of amides is 1. The Bertz CT molecular complexity index is 614. The summed E-state index contributed by atoms with van der Waals surface area (Å²) < 4.78 is 0. The van der Waals surface area contributed by atoms with Crippen LogP contribution in [0.15, 0.2) is 23.5 Å². The number of carbonyl (C=O) groups is 1. The van der Waals surface area contributed by atoms with Crippen LogP contribution in [0.25, 0.3) is 0 Å². The minimum atomic E-state index is -1.13. The van der Waals surface area contributed by atoms with Gasteiger partial charge in [-0.05, 0) is 55.4 Å². The molecule has 3 N–H and O–H groups in total. The highest BCUT2D eigenvalue weighted by atomic mass is 32.1. The van der Waals surface area contributed by atoms with E-state index in [9.17, 15) is 9.90 Å². The molecule has 118 valence electrons. The van der Waals surface area contributed by atoms with Crippen LogP contribution in [0, 0.1) is 5.92 Å². The van der Waals surface area contributed by atoms with Crippen LogP contribution in [-0.2, 0) is 0 Å². The standard InChI is InChI=1S/C15H19N3O3S/c1-9-5-10(6-13(15(9,2)21)18-14(19)20)11-3-4-16-7-12(11)17-8-22/h3-4,7,9-10,13,18,21H,5-6H2,1-2H3,(H,19,20)/t9-,10-,13+,15-/m0/s1. The summed E-state index contributed by atoms with van der Waals surface area (Å²) in [5.74, 6) is -0.00208. The maximum atomic E-state index is 11.0. The SMILES string of the molecule is C[C@H]1C[C@H](c2ccncc2N=C=S)C[C@@H](NC(=O)O)[C@@]1(C)O. The van der Waals surface area contributed by atoms with Gasteiger partial charge in [0.15, 0.2) is 0 Å². The first-order valence-electron chi connectivity index (χ1n) is 7.09. The fourth-order valence-corrected chi connectivity index (χ4v) is 3.22. The molecule has 7 heteroatoms. The van der Waals surface area contributed by atoms with Gasteiger partial charge >= 0.3 is 6.09 Å². The molecule has 1 fully saturated rings. The predicted molar refractivity (Wildman–Crippen MR) is 85.6 cm³/mol. The van der Waals surface area contributed by atoms with Gasteiger partial charge in [0.05, 0.1) is 28.7 Å². The van der Waals surface area contributed by atoms with Crippen molar-refractivity contribution in [2.45, 2.75) is 44.2 Å². The summed E-state index contributed by atoms with van der Waals surface area (Å²) in [4.78, 5) is 19.1. The number of aliphatic imine (C=N–C) groups is 1. The van der Waals surface area contributed by atoms with E-state index in [1.54, 1.807) is 19.3 Å².